The van der Waals surface area contributed by atoms with Crippen molar-refractivity contribution in [2.45, 2.75) is 48.9 Å². The number of fused-ring (bicyclic) bond motifs is 2. The number of hydrogen-bond donors (Lipinski definition) is 1. The van der Waals surface area contributed by atoms with Crippen molar-refractivity contribution in [3.8, 4) is 6.07 Å². The molecule has 2 fully saturated rings. The van der Waals surface area contributed by atoms with Crippen LogP contribution in [0.4, 0.5) is 11.5 Å². The van der Waals surface area contributed by atoms with Gasteiger partial charge in [-0.15, -0.1) is 11.3 Å². The van der Waals surface area contributed by atoms with Crippen molar-refractivity contribution in [1.82, 2.24) is 9.97 Å². The van der Waals surface area contributed by atoms with Gasteiger partial charge in [-0.05, 0) is 32.8 Å². The molecular weight excluding hydrogens is 378 g/mol. The van der Waals surface area contributed by atoms with Crippen LogP contribution < -0.4 is 10.2 Å². The highest BCUT2D eigenvalue weighted by Gasteiger charge is 2.37. The van der Waals surface area contributed by atoms with Gasteiger partial charge in [0.05, 0.1) is 42.8 Å². The van der Waals surface area contributed by atoms with Gasteiger partial charge in [-0.3, -0.25) is 0 Å². The molecule has 2 unspecified atom stereocenters. The SMILES string of the molecule is Cc1nc(SCc2cc(N3C4CCC3COC4)cc(NCC#N)n2)sc1C. The number of nitriles is 1. The fourth-order valence-electron chi connectivity index (χ4n) is 3.71. The molecule has 2 aromatic rings. The van der Waals surface area contributed by atoms with Crippen molar-refractivity contribution in [1.29, 1.82) is 5.26 Å². The third-order valence-electron chi connectivity index (χ3n) is 5.10. The van der Waals surface area contributed by atoms with E-state index >= 15 is 0 Å². The molecule has 0 amide bonds. The second-order valence-corrected chi connectivity index (χ2v) is 9.38. The minimum atomic E-state index is 0.254. The number of nitrogens with zero attached hydrogens (tertiary/aromatic N) is 4. The van der Waals surface area contributed by atoms with Gasteiger partial charge in [-0.1, -0.05) is 11.8 Å². The third kappa shape index (κ3) is 4.05. The van der Waals surface area contributed by atoms with Gasteiger partial charge in [-0.2, -0.15) is 5.26 Å². The van der Waals surface area contributed by atoms with Crippen LogP contribution >= 0.6 is 23.1 Å². The summed E-state index contributed by atoms with van der Waals surface area (Å²) in [5.74, 6) is 1.53. The molecule has 142 valence electrons. The average molecular weight is 402 g/mol. The molecule has 0 aliphatic carbocycles. The van der Waals surface area contributed by atoms with E-state index in [0.29, 0.717) is 12.1 Å². The number of rotatable bonds is 6. The fraction of sp³-hybridized carbons (Fsp3) is 0.526. The van der Waals surface area contributed by atoms with Gasteiger partial charge >= 0.3 is 0 Å². The maximum Gasteiger partial charge on any atom is 0.150 e. The predicted octanol–water partition coefficient (Wildman–Crippen LogP) is 3.75. The number of nitrogens with one attached hydrogen (secondary N) is 1. The number of ether oxygens (including phenoxy) is 1. The summed E-state index contributed by atoms with van der Waals surface area (Å²) in [6.45, 7) is 5.99. The average Bonchev–Trinajstić information content (AvgIpc) is 3.12. The Hall–Kier alpha value is -1.82. The lowest BCUT2D eigenvalue weighted by molar-refractivity contribution is 0.0906. The van der Waals surface area contributed by atoms with E-state index in [2.05, 4.69) is 40.3 Å². The van der Waals surface area contributed by atoms with E-state index in [0.717, 1.165) is 40.5 Å². The number of aromatic nitrogens is 2. The van der Waals surface area contributed by atoms with E-state index in [1.54, 1.807) is 23.1 Å². The van der Waals surface area contributed by atoms with Crippen molar-refractivity contribution in [2.24, 2.45) is 0 Å². The molecule has 2 aliphatic rings. The van der Waals surface area contributed by atoms with Crippen molar-refractivity contribution < 1.29 is 4.74 Å². The van der Waals surface area contributed by atoms with Gasteiger partial charge in [0.15, 0.2) is 4.34 Å². The van der Waals surface area contributed by atoms with Gasteiger partial charge in [0.1, 0.15) is 12.4 Å². The summed E-state index contributed by atoms with van der Waals surface area (Å²) >= 11 is 3.46. The molecule has 2 bridgehead atoms. The van der Waals surface area contributed by atoms with E-state index in [-0.39, 0.29) is 6.54 Å². The minimum Gasteiger partial charge on any atom is -0.377 e. The lowest BCUT2D eigenvalue weighted by Crippen LogP contribution is -2.46. The predicted molar refractivity (Wildman–Crippen MR) is 110 cm³/mol. The van der Waals surface area contributed by atoms with Gasteiger partial charge in [0.2, 0.25) is 0 Å². The van der Waals surface area contributed by atoms with Crippen molar-refractivity contribution in [3.05, 3.63) is 28.4 Å². The summed E-state index contributed by atoms with van der Waals surface area (Å²) in [4.78, 5) is 13.1. The first-order valence-corrected chi connectivity index (χ1v) is 11.0. The molecule has 2 saturated heterocycles. The van der Waals surface area contributed by atoms with Gasteiger partial charge in [-0.25, -0.2) is 9.97 Å². The Kier molecular flexibility index (Phi) is 5.53. The van der Waals surface area contributed by atoms with Crippen molar-refractivity contribution >= 4 is 34.6 Å². The monoisotopic (exact) mass is 401 g/mol. The molecule has 2 aliphatic heterocycles. The molecule has 0 spiro atoms. The first-order valence-electron chi connectivity index (χ1n) is 9.18. The number of thioether (sulfide) groups is 1. The third-order valence-corrected chi connectivity index (χ3v) is 7.35. The van der Waals surface area contributed by atoms with Gasteiger partial charge in [0, 0.05) is 22.4 Å². The van der Waals surface area contributed by atoms with E-state index in [1.807, 2.05) is 6.92 Å². The molecule has 6 nitrogen and oxygen atoms in total. The first-order chi connectivity index (χ1) is 13.1. The Bertz CT molecular complexity index is 827. The van der Waals surface area contributed by atoms with Crippen LogP contribution in [0.25, 0.3) is 0 Å². The van der Waals surface area contributed by atoms with Gasteiger partial charge in [0.25, 0.3) is 0 Å². The zero-order valence-electron chi connectivity index (χ0n) is 15.6. The van der Waals surface area contributed by atoms with Crippen LogP contribution in [-0.4, -0.2) is 41.8 Å². The number of aryl methyl sites for hydroxylation is 2. The summed E-state index contributed by atoms with van der Waals surface area (Å²) in [7, 11) is 0. The summed E-state index contributed by atoms with van der Waals surface area (Å²) in [6.07, 6.45) is 2.35. The van der Waals surface area contributed by atoms with Crippen LogP contribution in [0, 0.1) is 25.2 Å². The molecule has 2 atom stereocenters. The number of hydrogen-bond acceptors (Lipinski definition) is 8. The van der Waals surface area contributed by atoms with Crippen LogP contribution in [-0.2, 0) is 10.5 Å². The molecule has 0 saturated carbocycles. The van der Waals surface area contributed by atoms with Crippen LogP contribution in [0.5, 0.6) is 0 Å². The molecule has 1 N–H and O–H groups in total. The molecule has 0 radical (unpaired) electrons. The zero-order valence-corrected chi connectivity index (χ0v) is 17.2. The second kappa shape index (κ2) is 8.05. The number of morpholine rings is 1. The highest BCUT2D eigenvalue weighted by atomic mass is 32.2. The maximum atomic E-state index is 8.91. The van der Waals surface area contributed by atoms with Crippen LogP contribution in [0.1, 0.15) is 29.1 Å². The molecule has 4 rings (SSSR count). The first kappa shape index (κ1) is 18.5. The standard InChI is InChI=1S/C19H23N5OS2/c1-12-13(2)27-19(22-12)26-11-14-7-17(8-18(23-14)21-6-5-20)24-15-3-4-16(24)10-25-9-15/h7-8,15-16H,3-4,6,9-11H2,1-2H3,(H,21,23). The molecule has 0 aromatic carbocycles. The molecule has 27 heavy (non-hydrogen) atoms. The molecular formula is C19H23N5OS2. The Morgan fingerprint density at radius 3 is 2.74 bits per heavy atom. The molecule has 2 aromatic heterocycles. The maximum absolute atomic E-state index is 8.91. The van der Waals surface area contributed by atoms with E-state index in [9.17, 15) is 0 Å². The zero-order chi connectivity index (χ0) is 18.8. The smallest absolute Gasteiger partial charge is 0.150 e. The van der Waals surface area contributed by atoms with Crippen molar-refractivity contribution in [2.75, 3.05) is 30.0 Å². The summed E-state index contributed by atoms with van der Waals surface area (Å²) < 4.78 is 6.80. The van der Waals surface area contributed by atoms with Crippen LogP contribution in [0.3, 0.4) is 0 Å². The van der Waals surface area contributed by atoms with E-state index < -0.39 is 0 Å². The van der Waals surface area contributed by atoms with E-state index in [1.165, 1.54) is 23.4 Å². The lowest BCUT2D eigenvalue weighted by atomic mass is 10.2. The Morgan fingerprint density at radius 2 is 2.07 bits per heavy atom. The second-order valence-electron chi connectivity index (χ2n) is 6.95. The van der Waals surface area contributed by atoms with Crippen LogP contribution in [0.15, 0.2) is 16.5 Å². The van der Waals surface area contributed by atoms with E-state index in [4.69, 9.17) is 15.0 Å². The number of anilines is 2. The Balaban J connectivity index is 1.57. The minimum absolute atomic E-state index is 0.254. The lowest BCUT2D eigenvalue weighted by Gasteiger charge is -2.37. The quantitative estimate of drug-likeness (QED) is 0.584. The Labute approximate surface area is 168 Å². The number of thiazole rings is 1. The highest BCUT2D eigenvalue weighted by molar-refractivity contribution is 8.00. The summed E-state index contributed by atoms with van der Waals surface area (Å²) in [6, 6.07) is 7.28. The normalized spacial score (nSPS) is 21.3. The number of pyridine rings is 1. The summed E-state index contributed by atoms with van der Waals surface area (Å²) in [5.41, 5.74) is 3.29. The largest absolute Gasteiger partial charge is 0.377 e. The highest BCUT2D eigenvalue weighted by Crippen LogP contribution is 2.36. The van der Waals surface area contributed by atoms with Gasteiger partial charge < -0.3 is 15.0 Å². The summed E-state index contributed by atoms with van der Waals surface area (Å²) in [5, 5.41) is 12.0. The molecule has 4 heterocycles. The van der Waals surface area contributed by atoms with Crippen molar-refractivity contribution in [3.63, 3.8) is 0 Å². The Morgan fingerprint density at radius 1 is 1.30 bits per heavy atom. The molecule has 8 heteroatoms. The van der Waals surface area contributed by atoms with Crippen LogP contribution in [0.2, 0.25) is 0 Å². The topological polar surface area (TPSA) is 74.1 Å². The fourth-order valence-corrected chi connectivity index (χ4v) is 5.75.